The zero-order valence-electron chi connectivity index (χ0n) is 14.5. The van der Waals surface area contributed by atoms with Crippen molar-refractivity contribution >= 4 is 47.9 Å². The molecule has 0 aliphatic heterocycles. The number of hydrogen-bond donors (Lipinski definition) is 1. The van der Waals surface area contributed by atoms with Gasteiger partial charge in [0.1, 0.15) is 5.75 Å². The molecule has 0 aliphatic rings. The van der Waals surface area contributed by atoms with Crippen LogP contribution in [-0.4, -0.2) is 50.7 Å². The van der Waals surface area contributed by atoms with Crippen molar-refractivity contribution in [3.8, 4) is 0 Å². The van der Waals surface area contributed by atoms with Gasteiger partial charge in [0.15, 0.2) is 0 Å². The minimum absolute atomic E-state index is 0. The zero-order chi connectivity index (χ0) is 17.0. The molecule has 0 atom stereocenters. The van der Waals surface area contributed by atoms with Crippen molar-refractivity contribution in [1.82, 2.24) is 0 Å². The van der Waals surface area contributed by atoms with Crippen LogP contribution in [0, 0.1) is 0 Å². The Labute approximate surface area is 178 Å². The van der Waals surface area contributed by atoms with Gasteiger partial charge >= 0.3 is 37.7 Å². The quantitative estimate of drug-likeness (QED) is 0.308. The Balaban J connectivity index is 0.00000529. The summed E-state index contributed by atoms with van der Waals surface area (Å²) in [5, 5.41) is 0. The molecule has 5 heteroatoms. The molecule has 24 heavy (non-hydrogen) atoms. The SMILES string of the molecule is CCCCCCCCCCCCc1ccccc1CS(=O)(=O)O.[CaH2]. The van der Waals surface area contributed by atoms with E-state index in [-0.39, 0.29) is 43.5 Å². The summed E-state index contributed by atoms with van der Waals surface area (Å²) < 4.78 is 31.1. The maximum absolute atomic E-state index is 11.1. The Hall–Kier alpha value is 0.390. The standard InChI is InChI=1S/C19H32O3S.Ca.2H/c1-2-3-4-5-6-7-8-9-10-11-14-18-15-12-13-16-19(18)17-23(20,21)22;;;/h12-13,15-16H,2-11,14,17H2,1H3,(H,20,21,22);;;. The minimum atomic E-state index is -3.95. The van der Waals surface area contributed by atoms with Crippen molar-refractivity contribution in [3.63, 3.8) is 0 Å². The molecule has 0 fully saturated rings. The molecule has 0 heterocycles. The van der Waals surface area contributed by atoms with Gasteiger partial charge in [-0.05, 0) is 24.0 Å². The van der Waals surface area contributed by atoms with Gasteiger partial charge in [0.05, 0.1) is 0 Å². The Kier molecular flexibility index (Phi) is 14.8. The number of benzene rings is 1. The van der Waals surface area contributed by atoms with Crippen molar-refractivity contribution < 1.29 is 13.0 Å². The molecule has 3 nitrogen and oxygen atoms in total. The molecule has 0 aromatic heterocycles. The van der Waals surface area contributed by atoms with Gasteiger partial charge in [-0.15, -0.1) is 0 Å². The second-order valence-electron chi connectivity index (χ2n) is 6.43. The predicted molar refractivity (Wildman–Crippen MR) is 106 cm³/mol. The Morgan fingerprint density at radius 2 is 1.25 bits per heavy atom. The molecule has 0 radical (unpaired) electrons. The molecule has 136 valence electrons. The normalized spacial score (nSPS) is 11.2. The monoisotopic (exact) mass is 382 g/mol. The summed E-state index contributed by atoms with van der Waals surface area (Å²) in [6.07, 6.45) is 13.8. The van der Waals surface area contributed by atoms with E-state index in [0.29, 0.717) is 0 Å². The molecule has 1 N–H and O–H groups in total. The maximum atomic E-state index is 11.1. The predicted octanol–water partition coefficient (Wildman–Crippen LogP) is 4.62. The van der Waals surface area contributed by atoms with Gasteiger partial charge in [-0.1, -0.05) is 89.0 Å². The molecule has 0 amide bonds. The Morgan fingerprint density at radius 3 is 1.75 bits per heavy atom. The first-order valence-electron chi connectivity index (χ1n) is 9.05. The van der Waals surface area contributed by atoms with Crippen LogP contribution in [0.1, 0.15) is 82.3 Å². The van der Waals surface area contributed by atoms with Crippen molar-refractivity contribution in [2.75, 3.05) is 0 Å². The first kappa shape index (κ1) is 24.4. The summed E-state index contributed by atoms with van der Waals surface area (Å²) in [7, 11) is -3.95. The summed E-state index contributed by atoms with van der Waals surface area (Å²) in [6, 6.07) is 7.51. The van der Waals surface area contributed by atoms with Gasteiger partial charge in [-0.25, -0.2) is 0 Å². The Bertz CT molecular complexity index is 529. The van der Waals surface area contributed by atoms with Crippen LogP contribution in [0.25, 0.3) is 0 Å². The van der Waals surface area contributed by atoms with Crippen LogP contribution >= 0.6 is 0 Å². The van der Waals surface area contributed by atoms with E-state index in [1.165, 1.54) is 57.8 Å². The van der Waals surface area contributed by atoms with E-state index in [2.05, 4.69) is 6.92 Å². The third-order valence-corrected chi connectivity index (χ3v) is 4.93. The molecule has 0 aliphatic carbocycles. The number of hydrogen-bond acceptors (Lipinski definition) is 2. The van der Waals surface area contributed by atoms with Crippen molar-refractivity contribution in [2.45, 2.75) is 83.3 Å². The molecule has 0 bridgehead atoms. The van der Waals surface area contributed by atoms with E-state index in [1.54, 1.807) is 6.07 Å². The first-order chi connectivity index (χ1) is 11.0. The van der Waals surface area contributed by atoms with Crippen LogP contribution in [0.4, 0.5) is 0 Å². The van der Waals surface area contributed by atoms with Crippen molar-refractivity contribution in [1.29, 1.82) is 0 Å². The van der Waals surface area contributed by atoms with Crippen molar-refractivity contribution in [3.05, 3.63) is 35.4 Å². The van der Waals surface area contributed by atoms with E-state index >= 15 is 0 Å². The average molecular weight is 383 g/mol. The fourth-order valence-corrected chi connectivity index (χ4v) is 3.62. The summed E-state index contributed by atoms with van der Waals surface area (Å²) in [5.74, 6) is -0.277. The summed E-state index contributed by atoms with van der Waals surface area (Å²) >= 11 is 0. The topological polar surface area (TPSA) is 54.4 Å². The van der Waals surface area contributed by atoms with Crippen LogP contribution in [-0.2, 0) is 22.3 Å². The molecule has 1 aromatic rings. The fourth-order valence-electron chi connectivity index (χ4n) is 2.94. The second-order valence-corrected chi connectivity index (χ2v) is 7.88. The van der Waals surface area contributed by atoms with Crippen LogP contribution in [0.15, 0.2) is 24.3 Å². The molecular formula is C19H34CaO3S. The van der Waals surface area contributed by atoms with Gasteiger partial charge < -0.3 is 0 Å². The average Bonchev–Trinajstić information content (AvgIpc) is 2.49. The van der Waals surface area contributed by atoms with Gasteiger partial charge in [-0.2, -0.15) is 8.42 Å². The van der Waals surface area contributed by atoms with E-state index in [4.69, 9.17) is 4.55 Å². The van der Waals surface area contributed by atoms with Crippen molar-refractivity contribution in [2.24, 2.45) is 0 Å². The molecule has 0 unspecified atom stereocenters. The molecule has 0 saturated heterocycles. The zero-order valence-corrected chi connectivity index (χ0v) is 15.3. The van der Waals surface area contributed by atoms with E-state index in [0.717, 1.165) is 24.0 Å². The number of unbranched alkanes of at least 4 members (excludes halogenated alkanes) is 9. The molecule has 1 aromatic carbocycles. The summed E-state index contributed by atoms with van der Waals surface area (Å²) in [4.78, 5) is 0. The molecule has 0 saturated carbocycles. The van der Waals surface area contributed by atoms with Gasteiger partial charge in [-0.3, -0.25) is 4.55 Å². The van der Waals surface area contributed by atoms with E-state index < -0.39 is 10.1 Å². The van der Waals surface area contributed by atoms with E-state index in [1.807, 2.05) is 18.2 Å². The Morgan fingerprint density at radius 1 is 0.792 bits per heavy atom. The van der Waals surface area contributed by atoms with Gasteiger partial charge in [0, 0.05) is 0 Å². The number of aryl methyl sites for hydroxylation is 1. The van der Waals surface area contributed by atoms with Gasteiger partial charge in [0.25, 0.3) is 10.1 Å². The molecular weight excluding hydrogens is 348 g/mol. The van der Waals surface area contributed by atoms with Crippen LogP contribution in [0.3, 0.4) is 0 Å². The molecule has 1 rings (SSSR count). The van der Waals surface area contributed by atoms with Crippen LogP contribution < -0.4 is 0 Å². The fraction of sp³-hybridized carbons (Fsp3) is 0.684. The second kappa shape index (κ2) is 14.5. The summed E-state index contributed by atoms with van der Waals surface area (Å²) in [6.45, 7) is 2.24. The first-order valence-corrected chi connectivity index (χ1v) is 10.7. The van der Waals surface area contributed by atoms with Gasteiger partial charge in [0.2, 0.25) is 0 Å². The number of rotatable bonds is 13. The third-order valence-electron chi connectivity index (χ3n) is 4.26. The molecule has 0 spiro atoms. The van der Waals surface area contributed by atoms with Crippen LogP contribution in [0.2, 0.25) is 0 Å². The van der Waals surface area contributed by atoms with Crippen LogP contribution in [0.5, 0.6) is 0 Å². The summed E-state index contributed by atoms with van der Waals surface area (Å²) in [5.41, 5.74) is 1.77. The van der Waals surface area contributed by atoms with E-state index in [9.17, 15) is 8.42 Å². The third kappa shape index (κ3) is 12.7.